The Labute approximate surface area is 156 Å². The summed E-state index contributed by atoms with van der Waals surface area (Å²) in [5.74, 6) is -0.185. The second-order valence-electron chi connectivity index (χ2n) is 6.16. The average Bonchev–Trinajstić information content (AvgIpc) is 3.14. The van der Waals surface area contributed by atoms with Gasteiger partial charge in [0.2, 0.25) is 0 Å². The molecule has 6 nitrogen and oxygen atoms in total. The van der Waals surface area contributed by atoms with E-state index in [1.165, 1.54) is 23.2 Å². The Morgan fingerprint density at radius 2 is 1.59 bits per heavy atom. The average molecular weight is 385 g/mol. The van der Waals surface area contributed by atoms with Crippen LogP contribution in [0.1, 0.15) is 11.1 Å². The summed E-state index contributed by atoms with van der Waals surface area (Å²) in [6.45, 7) is -0.0271. The van der Waals surface area contributed by atoms with E-state index in [0.29, 0.717) is 11.1 Å². The molecule has 0 N–H and O–H groups in total. The minimum absolute atomic E-state index is 0.0570. The molecule has 0 unspecified atom stereocenters. The fraction of sp³-hybridized carbons (Fsp3) is 0.105. The molecule has 1 aromatic heterocycles. The van der Waals surface area contributed by atoms with Crippen LogP contribution < -0.4 is 4.90 Å². The first-order valence-corrected chi connectivity index (χ1v) is 9.67. The number of carbonyl (C=O) groups is 1. The third kappa shape index (κ3) is 3.08. The van der Waals surface area contributed by atoms with E-state index in [1.807, 2.05) is 6.07 Å². The second-order valence-corrected chi connectivity index (χ2v) is 7.89. The maximum Gasteiger partial charge on any atom is 0.341 e. The Hall–Kier alpha value is -3.13. The minimum atomic E-state index is -4.04. The van der Waals surface area contributed by atoms with Crippen molar-refractivity contribution in [2.45, 2.75) is 13.1 Å². The number of anilines is 1. The number of fused-ring (bicyclic) bond motifs is 1. The molecule has 8 heteroatoms. The third-order valence-electron chi connectivity index (χ3n) is 4.34. The van der Waals surface area contributed by atoms with E-state index in [0.717, 1.165) is 8.28 Å². The molecule has 0 atom stereocenters. The van der Waals surface area contributed by atoms with Crippen LogP contribution in [0.25, 0.3) is 0 Å². The van der Waals surface area contributed by atoms with Crippen LogP contribution in [0.15, 0.2) is 72.9 Å². The fourth-order valence-corrected chi connectivity index (χ4v) is 4.50. The lowest BCUT2D eigenvalue weighted by atomic mass is 10.2. The second kappa shape index (κ2) is 6.55. The number of aromatic nitrogens is 1. The largest absolute Gasteiger partial charge is 0.341 e. The molecule has 0 radical (unpaired) electrons. The van der Waals surface area contributed by atoms with Gasteiger partial charge in [-0.15, -0.1) is 0 Å². The summed E-state index contributed by atoms with van der Waals surface area (Å²) < 4.78 is 41.2. The van der Waals surface area contributed by atoms with Crippen molar-refractivity contribution in [3.05, 3.63) is 89.9 Å². The minimum Gasteiger partial charge on any atom is -0.274 e. The lowest BCUT2D eigenvalue weighted by Crippen LogP contribution is -2.52. The van der Waals surface area contributed by atoms with Crippen molar-refractivity contribution >= 4 is 22.1 Å². The van der Waals surface area contributed by atoms with E-state index < -0.39 is 22.1 Å². The monoisotopic (exact) mass is 385 g/mol. The van der Waals surface area contributed by atoms with Crippen molar-refractivity contribution in [3.8, 4) is 0 Å². The van der Waals surface area contributed by atoms with Gasteiger partial charge in [-0.2, -0.15) is 12.7 Å². The zero-order valence-electron chi connectivity index (χ0n) is 14.2. The van der Waals surface area contributed by atoms with Crippen molar-refractivity contribution in [3.63, 3.8) is 0 Å². The zero-order valence-corrected chi connectivity index (χ0v) is 15.0. The highest BCUT2D eigenvalue weighted by Crippen LogP contribution is 2.30. The van der Waals surface area contributed by atoms with Gasteiger partial charge in [-0.05, 0) is 35.4 Å². The smallest absolute Gasteiger partial charge is 0.274 e. The van der Waals surface area contributed by atoms with Gasteiger partial charge in [-0.1, -0.05) is 42.5 Å². The number of benzene rings is 2. The van der Waals surface area contributed by atoms with Crippen LogP contribution in [-0.2, 0) is 23.3 Å². The van der Waals surface area contributed by atoms with E-state index in [4.69, 9.17) is 0 Å². The molecule has 2 amide bonds. The van der Waals surface area contributed by atoms with Crippen LogP contribution in [0.2, 0.25) is 0 Å². The maximum atomic E-state index is 13.5. The number of hydrogen-bond donors (Lipinski definition) is 0. The first-order chi connectivity index (χ1) is 13.0. The molecule has 0 spiro atoms. The first-order valence-electron chi connectivity index (χ1n) is 8.27. The number of carbonyl (C=O) groups excluding carboxylic acids is 1. The first kappa shape index (κ1) is 17.3. The van der Waals surface area contributed by atoms with Gasteiger partial charge in [0.15, 0.2) is 0 Å². The molecule has 2 aromatic carbocycles. The van der Waals surface area contributed by atoms with E-state index in [1.54, 1.807) is 48.5 Å². The van der Waals surface area contributed by atoms with Gasteiger partial charge in [0, 0.05) is 6.20 Å². The summed E-state index contributed by atoms with van der Waals surface area (Å²) >= 11 is 0. The molecule has 1 aliphatic rings. The molecule has 3 aromatic rings. The number of hydrogen-bond acceptors (Lipinski definition) is 3. The van der Waals surface area contributed by atoms with Crippen molar-refractivity contribution < 1.29 is 17.6 Å². The van der Waals surface area contributed by atoms with Crippen molar-refractivity contribution in [1.82, 2.24) is 8.28 Å². The Morgan fingerprint density at radius 3 is 2.33 bits per heavy atom. The topological polar surface area (TPSA) is 62.6 Å². The fourth-order valence-electron chi connectivity index (χ4n) is 3.06. The predicted molar refractivity (Wildman–Crippen MR) is 98.7 cm³/mol. The number of halogens is 1. The molecule has 4 rings (SSSR count). The molecule has 0 fully saturated rings. The van der Waals surface area contributed by atoms with E-state index in [2.05, 4.69) is 0 Å². The summed E-state index contributed by atoms with van der Waals surface area (Å²) in [5, 5.41) is 0. The molecule has 1 aliphatic heterocycles. The van der Waals surface area contributed by atoms with Crippen LogP contribution >= 0.6 is 0 Å². The number of nitrogens with zero attached hydrogens (tertiary/aromatic N) is 3. The van der Waals surface area contributed by atoms with Crippen LogP contribution in [0.4, 0.5) is 15.0 Å². The summed E-state index contributed by atoms with van der Waals surface area (Å²) in [4.78, 5) is 14.4. The third-order valence-corrected chi connectivity index (χ3v) is 5.99. The van der Waals surface area contributed by atoms with E-state index in [-0.39, 0.29) is 18.9 Å². The summed E-state index contributed by atoms with van der Waals surface area (Å²) in [6, 6.07) is 17.2. The van der Waals surface area contributed by atoms with Gasteiger partial charge in [-0.25, -0.2) is 13.2 Å². The number of urea groups is 1. The van der Waals surface area contributed by atoms with E-state index in [9.17, 15) is 17.6 Å². The molecule has 27 heavy (non-hydrogen) atoms. The Kier molecular flexibility index (Phi) is 4.19. The normalized spacial score (nSPS) is 15.7. The standard InChI is InChI=1S/C19H16FN3O3S/c20-17-9-4-8-16(12-17)13-21-18-10-5-11-22(18)27(25,26)23(19(21)24)14-15-6-2-1-3-7-15/h1-12H,13-14H2. The molecule has 138 valence electrons. The van der Waals surface area contributed by atoms with Crippen LogP contribution in [0.3, 0.4) is 0 Å². The number of rotatable bonds is 4. The van der Waals surface area contributed by atoms with Crippen LogP contribution in [0, 0.1) is 5.82 Å². The molecule has 0 aliphatic carbocycles. The SMILES string of the molecule is O=C1N(Cc2cccc(F)c2)c2cccn2S(=O)(=O)N1Cc1ccccc1. The molecular weight excluding hydrogens is 369 g/mol. The number of amides is 2. The van der Waals surface area contributed by atoms with Crippen molar-refractivity contribution in [2.24, 2.45) is 0 Å². The summed E-state index contributed by atoms with van der Waals surface area (Å²) in [6.07, 6.45) is 1.40. The van der Waals surface area contributed by atoms with Crippen LogP contribution in [0.5, 0.6) is 0 Å². The Bertz CT molecular complexity index is 1100. The Morgan fingerprint density at radius 1 is 0.852 bits per heavy atom. The summed E-state index contributed by atoms with van der Waals surface area (Å²) in [7, 11) is -4.04. The zero-order chi connectivity index (χ0) is 19.0. The lowest BCUT2D eigenvalue weighted by Gasteiger charge is -2.35. The van der Waals surface area contributed by atoms with Crippen molar-refractivity contribution in [2.75, 3.05) is 4.90 Å². The van der Waals surface area contributed by atoms with Gasteiger partial charge >= 0.3 is 16.2 Å². The molecule has 0 bridgehead atoms. The maximum absolute atomic E-state index is 13.5. The highest BCUT2D eigenvalue weighted by molar-refractivity contribution is 7.88. The highest BCUT2D eigenvalue weighted by Gasteiger charge is 2.40. The molecular formula is C19H16FN3O3S. The molecule has 0 saturated heterocycles. The highest BCUT2D eigenvalue weighted by atomic mass is 32.2. The lowest BCUT2D eigenvalue weighted by molar-refractivity contribution is 0.225. The summed E-state index contributed by atoms with van der Waals surface area (Å²) in [5.41, 5.74) is 1.26. The van der Waals surface area contributed by atoms with Gasteiger partial charge in [-0.3, -0.25) is 4.90 Å². The van der Waals surface area contributed by atoms with Crippen molar-refractivity contribution in [1.29, 1.82) is 0 Å². The predicted octanol–water partition coefficient (Wildman–Crippen LogP) is 3.36. The van der Waals surface area contributed by atoms with Gasteiger partial charge in [0.1, 0.15) is 11.6 Å². The van der Waals surface area contributed by atoms with E-state index >= 15 is 0 Å². The quantitative estimate of drug-likeness (QED) is 0.692. The van der Waals surface area contributed by atoms with Crippen LogP contribution in [-0.4, -0.2) is 22.7 Å². The van der Waals surface area contributed by atoms with Gasteiger partial charge in [0.25, 0.3) is 0 Å². The van der Waals surface area contributed by atoms with Gasteiger partial charge in [0.05, 0.1) is 13.1 Å². The molecule has 2 heterocycles. The van der Waals surface area contributed by atoms with Gasteiger partial charge < -0.3 is 0 Å². The molecule has 0 saturated carbocycles. The Balaban J connectivity index is 1.75.